The van der Waals surface area contributed by atoms with E-state index in [2.05, 4.69) is 5.32 Å². The lowest BCUT2D eigenvalue weighted by Gasteiger charge is -2.16. The highest BCUT2D eigenvalue weighted by Crippen LogP contribution is 2.49. The van der Waals surface area contributed by atoms with Crippen LogP contribution < -0.4 is 15.8 Å². The Morgan fingerprint density at radius 2 is 1.90 bits per heavy atom. The number of hydrogen-bond donors (Lipinski definition) is 2. The lowest BCUT2D eigenvalue weighted by atomic mass is 9.94. The molecule has 0 radical (unpaired) electrons. The molecule has 2 aromatic carbocycles. The molecule has 1 saturated carbocycles. The van der Waals surface area contributed by atoms with Gasteiger partial charge in [0.1, 0.15) is 5.75 Å². The Morgan fingerprint density at radius 3 is 2.52 bits per heavy atom. The minimum Gasteiger partial charge on any atom is -0.497 e. The van der Waals surface area contributed by atoms with E-state index in [1.807, 2.05) is 48.5 Å². The number of nitrogens with one attached hydrogen (secondary N) is 1. The Bertz CT molecular complexity index is 661. The lowest BCUT2D eigenvalue weighted by Crippen LogP contribution is -2.27. The van der Waals surface area contributed by atoms with Gasteiger partial charge in [0.05, 0.1) is 12.5 Å². The SMILES string of the molecule is COc1cccc(NC(=O)C2(c3ccc(N)cc3)CC2)c1. The maximum absolute atomic E-state index is 12.6. The first-order valence-electron chi connectivity index (χ1n) is 6.96. The van der Waals surface area contributed by atoms with Gasteiger partial charge in [-0.25, -0.2) is 0 Å². The summed E-state index contributed by atoms with van der Waals surface area (Å²) in [5, 5.41) is 2.98. The van der Waals surface area contributed by atoms with Crippen molar-refractivity contribution in [3.05, 3.63) is 54.1 Å². The fourth-order valence-corrected chi connectivity index (χ4v) is 2.53. The van der Waals surface area contributed by atoms with Crippen LogP contribution in [0.3, 0.4) is 0 Å². The van der Waals surface area contributed by atoms with Crippen molar-refractivity contribution in [1.29, 1.82) is 0 Å². The Hall–Kier alpha value is -2.49. The second-order valence-electron chi connectivity index (χ2n) is 5.39. The molecule has 0 unspecified atom stereocenters. The van der Waals surface area contributed by atoms with E-state index in [4.69, 9.17) is 10.5 Å². The first-order chi connectivity index (χ1) is 10.1. The molecule has 3 rings (SSSR count). The highest BCUT2D eigenvalue weighted by atomic mass is 16.5. The van der Waals surface area contributed by atoms with Crippen molar-refractivity contribution in [2.24, 2.45) is 0 Å². The molecule has 4 heteroatoms. The molecular formula is C17H18N2O2. The molecule has 1 amide bonds. The monoisotopic (exact) mass is 282 g/mol. The van der Waals surface area contributed by atoms with Crippen molar-refractivity contribution in [1.82, 2.24) is 0 Å². The van der Waals surface area contributed by atoms with Crippen LogP contribution in [0.2, 0.25) is 0 Å². The van der Waals surface area contributed by atoms with Gasteiger partial charge in [-0.2, -0.15) is 0 Å². The predicted octanol–water partition coefficient (Wildman–Crippen LogP) is 2.95. The Labute approximate surface area is 123 Å². The first kappa shape index (κ1) is 13.5. The van der Waals surface area contributed by atoms with Crippen LogP contribution in [0.25, 0.3) is 0 Å². The van der Waals surface area contributed by atoms with Crippen LogP contribution in [0.1, 0.15) is 18.4 Å². The van der Waals surface area contributed by atoms with E-state index >= 15 is 0 Å². The topological polar surface area (TPSA) is 64.3 Å². The first-order valence-corrected chi connectivity index (χ1v) is 6.96. The largest absolute Gasteiger partial charge is 0.497 e. The van der Waals surface area contributed by atoms with Crippen LogP contribution in [0.4, 0.5) is 11.4 Å². The van der Waals surface area contributed by atoms with Crippen molar-refractivity contribution in [2.45, 2.75) is 18.3 Å². The van der Waals surface area contributed by atoms with Crippen molar-refractivity contribution >= 4 is 17.3 Å². The van der Waals surface area contributed by atoms with Crippen LogP contribution in [0.5, 0.6) is 5.75 Å². The van der Waals surface area contributed by atoms with E-state index < -0.39 is 5.41 Å². The van der Waals surface area contributed by atoms with Gasteiger partial charge in [-0.3, -0.25) is 4.79 Å². The molecule has 1 fully saturated rings. The van der Waals surface area contributed by atoms with Crippen molar-refractivity contribution in [3.63, 3.8) is 0 Å². The van der Waals surface area contributed by atoms with Gasteiger partial charge in [0.15, 0.2) is 0 Å². The fourth-order valence-electron chi connectivity index (χ4n) is 2.53. The minimum absolute atomic E-state index is 0.0283. The zero-order valence-corrected chi connectivity index (χ0v) is 11.9. The van der Waals surface area contributed by atoms with Gasteiger partial charge in [-0.1, -0.05) is 18.2 Å². The van der Waals surface area contributed by atoms with Crippen LogP contribution in [0, 0.1) is 0 Å². The molecule has 0 bridgehead atoms. The summed E-state index contributed by atoms with van der Waals surface area (Å²) in [5.41, 5.74) is 7.79. The average molecular weight is 282 g/mol. The molecule has 21 heavy (non-hydrogen) atoms. The molecule has 0 heterocycles. The molecule has 108 valence electrons. The quantitative estimate of drug-likeness (QED) is 0.847. The normalized spacial score (nSPS) is 15.3. The van der Waals surface area contributed by atoms with E-state index in [1.54, 1.807) is 7.11 Å². The number of carbonyl (C=O) groups excluding carboxylic acids is 1. The molecule has 0 saturated heterocycles. The summed E-state index contributed by atoms with van der Waals surface area (Å²) in [6.45, 7) is 0. The number of nitrogen functional groups attached to an aromatic ring is 1. The summed E-state index contributed by atoms with van der Waals surface area (Å²) in [7, 11) is 1.61. The van der Waals surface area contributed by atoms with E-state index in [1.165, 1.54) is 0 Å². The lowest BCUT2D eigenvalue weighted by molar-refractivity contribution is -0.118. The molecule has 3 N–H and O–H groups in total. The third-order valence-corrected chi connectivity index (χ3v) is 3.98. The van der Waals surface area contributed by atoms with Crippen molar-refractivity contribution < 1.29 is 9.53 Å². The van der Waals surface area contributed by atoms with Gasteiger partial charge < -0.3 is 15.8 Å². The maximum atomic E-state index is 12.6. The smallest absolute Gasteiger partial charge is 0.235 e. The van der Waals surface area contributed by atoms with E-state index in [-0.39, 0.29) is 5.91 Å². The molecule has 4 nitrogen and oxygen atoms in total. The third kappa shape index (κ3) is 2.57. The molecule has 0 aliphatic heterocycles. The standard InChI is InChI=1S/C17H18N2O2/c1-21-15-4-2-3-14(11-15)19-16(20)17(9-10-17)12-5-7-13(18)8-6-12/h2-8,11H,9-10,18H2,1H3,(H,19,20). The summed E-state index contributed by atoms with van der Waals surface area (Å²) in [6, 6.07) is 14.9. The van der Waals surface area contributed by atoms with E-state index in [0.29, 0.717) is 5.69 Å². The highest BCUT2D eigenvalue weighted by molar-refractivity contribution is 6.01. The van der Waals surface area contributed by atoms with Gasteiger partial charge in [0.25, 0.3) is 0 Å². The second-order valence-corrected chi connectivity index (χ2v) is 5.39. The van der Waals surface area contributed by atoms with Gasteiger partial charge >= 0.3 is 0 Å². The number of anilines is 2. The number of benzene rings is 2. The zero-order valence-electron chi connectivity index (χ0n) is 11.9. The Morgan fingerprint density at radius 1 is 1.19 bits per heavy atom. The van der Waals surface area contributed by atoms with Gasteiger partial charge in [0, 0.05) is 17.4 Å². The number of rotatable bonds is 4. The van der Waals surface area contributed by atoms with Crippen molar-refractivity contribution in [2.75, 3.05) is 18.2 Å². The molecule has 2 aromatic rings. The zero-order chi connectivity index (χ0) is 14.9. The molecule has 1 aliphatic carbocycles. The summed E-state index contributed by atoms with van der Waals surface area (Å²) in [5.74, 6) is 0.755. The molecule has 0 spiro atoms. The summed E-state index contributed by atoms with van der Waals surface area (Å²) in [6.07, 6.45) is 1.74. The molecular weight excluding hydrogens is 264 g/mol. The number of methoxy groups -OCH3 is 1. The van der Waals surface area contributed by atoms with Gasteiger partial charge in [-0.15, -0.1) is 0 Å². The summed E-state index contributed by atoms with van der Waals surface area (Å²) in [4.78, 5) is 12.6. The molecule has 1 aliphatic rings. The molecule has 0 atom stereocenters. The predicted molar refractivity (Wildman–Crippen MR) is 83.4 cm³/mol. The number of nitrogens with two attached hydrogens (primary N) is 1. The van der Waals surface area contributed by atoms with E-state index in [9.17, 15) is 4.79 Å². The Kier molecular flexibility index (Phi) is 3.29. The minimum atomic E-state index is -0.406. The summed E-state index contributed by atoms with van der Waals surface area (Å²) < 4.78 is 5.17. The Balaban J connectivity index is 1.80. The number of amides is 1. The van der Waals surface area contributed by atoms with Crippen LogP contribution in [-0.2, 0) is 10.2 Å². The van der Waals surface area contributed by atoms with Crippen LogP contribution >= 0.6 is 0 Å². The van der Waals surface area contributed by atoms with Gasteiger partial charge in [-0.05, 0) is 42.7 Å². The van der Waals surface area contributed by atoms with Crippen molar-refractivity contribution in [3.8, 4) is 5.75 Å². The van der Waals surface area contributed by atoms with E-state index in [0.717, 1.165) is 29.8 Å². The van der Waals surface area contributed by atoms with Gasteiger partial charge in [0.2, 0.25) is 5.91 Å². The summed E-state index contributed by atoms with van der Waals surface area (Å²) >= 11 is 0. The number of carbonyl (C=O) groups is 1. The highest BCUT2D eigenvalue weighted by Gasteiger charge is 2.51. The number of hydrogen-bond acceptors (Lipinski definition) is 3. The average Bonchev–Trinajstić information content (AvgIpc) is 3.30. The second kappa shape index (κ2) is 5.13. The van der Waals surface area contributed by atoms with Crippen LogP contribution in [0.15, 0.2) is 48.5 Å². The molecule has 0 aromatic heterocycles. The number of ether oxygens (including phenoxy) is 1. The maximum Gasteiger partial charge on any atom is 0.235 e. The van der Waals surface area contributed by atoms with Crippen LogP contribution in [-0.4, -0.2) is 13.0 Å². The third-order valence-electron chi connectivity index (χ3n) is 3.98. The fraction of sp³-hybridized carbons (Fsp3) is 0.235.